The quantitative estimate of drug-likeness (QED) is 0.849. The number of ether oxygens (including phenoxy) is 1. The normalized spacial score (nSPS) is 15.6. The van der Waals surface area contributed by atoms with Gasteiger partial charge >= 0.3 is 6.03 Å². The molecule has 5 nitrogen and oxygen atoms in total. The van der Waals surface area contributed by atoms with Gasteiger partial charge in [0.1, 0.15) is 5.75 Å². The van der Waals surface area contributed by atoms with Gasteiger partial charge in [0.25, 0.3) is 0 Å². The molecule has 2 aromatic carbocycles. The van der Waals surface area contributed by atoms with E-state index in [1.165, 1.54) is 16.3 Å². The van der Waals surface area contributed by atoms with Gasteiger partial charge in [0.15, 0.2) is 5.75 Å². The molecule has 0 saturated carbocycles. The van der Waals surface area contributed by atoms with Crippen LogP contribution in [0.15, 0.2) is 48.5 Å². The van der Waals surface area contributed by atoms with Crippen LogP contribution in [-0.4, -0.2) is 23.1 Å². The number of nitrogens with one attached hydrogen (secondary N) is 1. The number of nitrogens with two attached hydrogens (primary N) is 1. The fraction of sp³-hybridized carbons (Fsp3) is 0.188. The molecule has 3 N–H and O–H groups in total. The summed E-state index contributed by atoms with van der Waals surface area (Å²) in [7, 11) is 0. The monoisotopic (exact) mass is 315 g/mol. The molecule has 0 bridgehead atoms. The largest absolute Gasteiger partial charge is 0.455 e. The summed E-state index contributed by atoms with van der Waals surface area (Å²) in [5.41, 5.74) is 7.32. The minimum Gasteiger partial charge on any atom is -0.455 e. The van der Waals surface area contributed by atoms with Crippen LogP contribution in [0.25, 0.3) is 0 Å². The average molecular weight is 315 g/mol. The van der Waals surface area contributed by atoms with Gasteiger partial charge in [-0.15, -0.1) is 0 Å². The van der Waals surface area contributed by atoms with E-state index in [4.69, 9.17) is 10.5 Å². The first kappa shape index (κ1) is 14.6. The fourth-order valence-electron chi connectivity index (χ4n) is 2.48. The number of anilines is 1. The van der Waals surface area contributed by atoms with Crippen molar-refractivity contribution in [2.45, 2.75) is 6.04 Å². The van der Waals surface area contributed by atoms with E-state index in [0.29, 0.717) is 6.54 Å². The van der Waals surface area contributed by atoms with Crippen LogP contribution >= 0.6 is 11.9 Å². The maximum Gasteiger partial charge on any atom is 0.324 e. The number of hydrogen-bond acceptors (Lipinski definition) is 4. The fourth-order valence-corrected chi connectivity index (χ4v) is 2.96. The van der Waals surface area contributed by atoms with E-state index in [0.717, 1.165) is 22.7 Å². The van der Waals surface area contributed by atoms with E-state index in [1.54, 1.807) is 0 Å². The zero-order chi connectivity index (χ0) is 15.5. The van der Waals surface area contributed by atoms with Crippen molar-refractivity contribution < 1.29 is 9.53 Å². The maximum atomic E-state index is 11.5. The zero-order valence-corrected chi connectivity index (χ0v) is 13.0. The standard InChI is InChI=1S/C16H17N3O2S/c1-22-19(16(17)20)10-13-11-6-2-4-8-14(11)21-15-9-5-3-7-12(15)18-13/h2-9,13,18H,10H2,1H3,(H2,17,20). The number of benzene rings is 2. The molecule has 2 aromatic rings. The van der Waals surface area contributed by atoms with Gasteiger partial charge in [-0.1, -0.05) is 30.3 Å². The van der Waals surface area contributed by atoms with Crippen molar-refractivity contribution in [3.05, 3.63) is 54.1 Å². The summed E-state index contributed by atoms with van der Waals surface area (Å²) in [5.74, 6) is 1.56. The highest BCUT2D eigenvalue weighted by molar-refractivity contribution is 7.96. The smallest absolute Gasteiger partial charge is 0.324 e. The third-order valence-corrected chi connectivity index (χ3v) is 4.32. The maximum absolute atomic E-state index is 11.5. The second kappa shape index (κ2) is 6.19. The van der Waals surface area contributed by atoms with Gasteiger partial charge in [0, 0.05) is 11.8 Å². The van der Waals surface area contributed by atoms with Crippen LogP contribution in [-0.2, 0) is 0 Å². The Morgan fingerprint density at radius 2 is 1.91 bits per heavy atom. The van der Waals surface area contributed by atoms with Gasteiger partial charge in [0.2, 0.25) is 0 Å². The second-order valence-corrected chi connectivity index (χ2v) is 5.72. The Morgan fingerprint density at radius 1 is 1.23 bits per heavy atom. The molecular weight excluding hydrogens is 298 g/mol. The molecule has 0 aliphatic carbocycles. The van der Waals surface area contributed by atoms with Crippen molar-refractivity contribution in [3.63, 3.8) is 0 Å². The second-order valence-electron chi connectivity index (χ2n) is 4.91. The minimum atomic E-state index is -0.453. The van der Waals surface area contributed by atoms with Crippen molar-refractivity contribution >= 4 is 23.7 Å². The van der Waals surface area contributed by atoms with Gasteiger partial charge in [0.05, 0.1) is 18.3 Å². The molecule has 1 aliphatic rings. The van der Waals surface area contributed by atoms with Gasteiger partial charge in [-0.25, -0.2) is 4.79 Å². The summed E-state index contributed by atoms with van der Waals surface area (Å²) in [6.07, 6.45) is 1.83. The first-order valence-corrected chi connectivity index (χ1v) is 8.10. The number of rotatable bonds is 3. The van der Waals surface area contributed by atoms with E-state index in [-0.39, 0.29) is 6.04 Å². The minimum absolute atomic E-state index is 0.0974. The number of urea groups is 1. The Morgan fingerprint density at radius 3 is 2.64 bits per heavy atom. The molecule has 1 unspecified atom stereocenters. The third kappa shape index (κ3) is 2.82. The highest BCUT2D eigenvalue weighted by Gasteiger charge is 2.25. The summed E-state index contributed by atoms with van der Waals surface area (Å²) in [4.78, 5) is 11.5. The van der Waals surface area contributed by atoms with Gasteiger partial charge in [-0.2, -0.15) is 0 Å². The van der Waals surface area contributed by atoms with Crippen LogP contribution in [0.3, 0.4) is 0 Å². The lowest BCUT2D eigenvalue weighted by Gasteiger charge is -2.25. The number of amides is 2. The Bertz CT molecular complexity index is 693. The Hall–Kier alpha value is -2.34. The van der Waals surface area contributed by atoms with Crippen LogP contribution in [0.2, 0.25) is 0 Å². The van der Waals surface area contributed by atoms with Crippen molar-refractivity contribution in [3.8, 4) is 11.5 Å². The number of nitrogens with zero attached hydrogens (tertiary/aromatic N) is 1. The zero-order valence-electron chi connectivity index (χ0n) is 12.2. The van der Waals surface area contributed by atoms with E-state index in [9.17, 15) is 4.79 Å². The van der Waals surface area contributed by atoms with Gasteiger partial charge in [-0.3, -0.25) is 4.31 Å². The van der Waals surface area contributed by atoms with Crippen LogP contribution in [0, 0.1) is 0 Å². The molecule has 2 amide bonds. The molecule has 0 radical (unpaired) electrons. The number of fused-ring (bicyclic) bond motifs is 2. The number of hydrogen-bond donors (Lipinski definition) is 2. The molecule has 0 saturated heterocycles. The molecular formula is C16H17N3O2S. The number of carbonyl (C=O) groups excluding carboxylic acids is 1. The Kier molecular flexibility index (Phi) is 4.11. The lowest BCUT2D eigenvalue weighted by atomic mass is 10.1. The lowest BCUT2D eigenvalue weighted by Crippen LogP contribution is -2.35. The SMILES string of the molecule is CSN(CC1Nc2ccccc2Oc2ccccc21)C(N)=O. The van der Waals surface area contributed by atoms with E-state index >= 15 is 0 Å². The van der Waals surface area contributed by atoms with Crippen LogP contribution in [0.5, 0.6) is 11.5 Å². The molecule has 0 aromatic heterocycles. The van der Waals surface area contributed by atoms with Crippen molar-refractivity contribution in [2.75, 3.05) is 18.1 Å². The lowest BCUT2D eigenvalue weighted by molar-refractivity contribution is 0.234. The third-order valence-electron chi connectivity index (χ3n) is 3.55. The van der Waals surface area contributed by atoms with Crippen molar-refractivity contribution in [1.29, 1.82) is 0 Å². The van der Waals surface area contributed by atoms with Crippen molar-refractivity contribution in [1.82, 2.24) is 4.31 Å². The van der Waals surface area contributed by atoms with E-state index in [1.807, 2.05) is 54.8 Å². The highest BCUT2D eigenvalue weighted by Crippen LogP contribution is 2.40. The molecule has 114 valence electrons. The molecule has 6 heteroatoms. The number of carbonyl (C=O) groups is 1. The molecule has 3 rings (SSSR count). The molecule has 1 aliphatic heterocycles. The molecule has 1 atom stereocenters. The number of para-hydroxylation sites is 3. The van der Waals surface area contributed by atoms with Crippen LogP contribution < -0.4 is 15.8 Å². The summed E-state index contributed by atoms with van der Waals surface area (Å²) >= 11 is 1.31. The predicted molar refractivity (Wildman–Crippen MR) is 89.1 cm³/mol. The number of primary amides is 1. The summed E-state index contributed by atoms with van der Waals surface area (Å²) in [6, 6.07) is 15.0. The first-order chi connectivity index (χ1) is 10.7. The summed E-state index contributed by atoms with van der Waals surface area (Å²) in [6.45, 7) is 0.450. The van der Waals surface area contributed by atoms with E-state index < -0.39 is 6.03 Å². The molecule has 0 spiro atoms. The molecule has 0 fully saturated rings. The highest BCUT2D eigenvalue weighted by atomic mass is 32.2. The molecule has 22 heavy (non-hydrogen) atoms. The summed E-state index contributed by atoms with van der Waals surface area (Å²) < 4.78 is 7.53. The summed E-state index contributed by atoms with van der Waals surface area (Å²) in [5, 5.41) is 3.45. The van der Waals surface area contributed by atoms with Crippen LogP contribution in [0.1, 0.15) is 11.6 Å². The molecule has 1 heterocycles. The van der Waals surface area contributed by atoms with Crippen molar-refractivity contribution in [2.24, 2.45) is 5.73 Å². The Balaban J connectivity index is 1.99. The topological polar surface area (TPSA) is 67.6 Å². The Labute approximate surface area is 133 Å². The van der Waals surface area contributed by atoms with Gasteiger partial charge < -0.3 is 15.8 Å². The van der Waals surface area contributed by atoms with Crippen LogP contribution in [0.4, 0.5) is 10.5 Å². The average Bonchev–Trinajstić information content (AvgIpc) is 2.68. The predicted octanol–water partition coefficient (Wildman–Crippen LogP) is 3.60. The van der Waals surface area contributed by atoms with E-state index in [2.05, 4.69) is 5.32 Å². The van der Waals surface area contributed by atoms with Gasteiger partial charge in [-0.05, 0) is 30.1 Å². The first-order valence-electron chi connectivity index (χ1n) is 6.92.